The van der Waals surface area contributed by atoms with Gasteiger partial charge in [0.05, 0.1) is 7.11 Å². The Morgan fingerprint density at radius 3 is 2.63 bits per heavy atom. The molecule has 4 rings (SSSR count). The van der Waals surface area contributed by atoms with Crippen LogP contribution >= 0.6 is 0 Å². The van der Waals surface area contributed by atoms with Gasteiger partial charge in [-0.2, -0.15) is 4.98 Å². The van der Waals surface area contributed by atoms with Crippen LogP contribution in [0.15, 0.2) is 41.2 Å². The Bertz CT molecular complexity index is 876. The van der Waals surface area contributed by atoms with Gasteiger partial charge in [-0.25, -0.2) is 9.97 Å². The van der Waals surface area contributed by atoms with Crippen molar-refractivity contribution in [1.29, 1.82) is 0 Å². The molecule has 140 valence electrons. The minimum Gasteiger partial charge on any atom is -0.497 e. The van der Waals surface area contributed by atoms with Gasteiger partial charge in [0.1, 0.15) is 5.75 Å². The van der Waals surface area contributed by atoms with Crippen molar-refractivity contribution in [2.45, 2.75) is 32.2 Å². The highest BCUT2D eigenvalue weighted by molar-refractivity contribution is 5.55. The summed E-state index contributed by atoms with van der Waals surface area (Å²) in [5.41, 5.74) is 2.09. The van der Waals surface area contributed by atoms with E-state index in [4.69, 9.17) is 9.26 Å². The van der Waals surface area contributed by atoms with Crippen molar-refractivity contribution < 1.29 is 9.26 Å². The summed E-state index contributed by atoms with van der Waals surface area (Å²) in [5.74, 6) is 3.33. The van der Waals surface area contributed by atoms with Gasteiger partial charge in [0.15, 0.2) is 11.6 Å². The van der Waals surface area contributed by atoms with E-state index in [-0.39, 0.29) is 0 Å². The Balaban J connectivity index is 1.40. The molecule has 3 aromatic rings. The number of hydrogen-bond acceptors (Lipinski definition) is 7. The van der Waals surface area contributed by atoms with E-state index in [1.807, 2.05) is 43.6 Å². The molecule has 3 heterocycles. The van der Waals surface area contributed by atoms with Gasteiger partial charge >= 0.3 is 0 Å². The lowest BCUT2D eigenvalue weighted by atomic mass is 9.97. The molecule has 27 heavy (non-hydrogen) atoms. The zero-order valence-electron chi connectivity index (χ0n) is 15.6. The summed E-state index contributed by atoms with van der Waals surface area (Å²) in [7, 11) is 1.66. The number of piperidine rings is 1. The summed E-state index contributed by atoms with van der Waals surface area (Å²) in [4.78, 5) is 15.9. The van der Waals surface area contributed by atoms with Gasteiger partial charge in [-0.3, -0.25) is 4.90 Å². The van der Waals surface area contributed by atoms with Crippen molar-refractivity contribution in [2.75, 3.05) is 20.2 Å². The number of aromatic nitrogens is 4. The molecule has 1 aliphatic heterocycles. The molecule has 0 bridgehead atoms. The van der Waals surface area contributed by atoms with E-state index < -0.39 is 0 Å². The van der Waals surface area contributed by atoms with Gasteiger partial charge in [0, 0.05) is 49.5 Å². The third-order valence-corrected chi connectivity index (χ3v) is 4.87. The molecule has 7 heteroatoms. The lowest BCUT2D eigenvalue weighted by Gasteiger charge is -2.31. The van der Waals surface area contributed by atoms with Gasteiger partial charge in [-0.1, -0.05) is 5.16 Å². The van der Waals surface area contributed by atoms with Crippen molar-refractivity contribution >= 4 is 0 Å². The van der Waals surface area contributed by atoms with Crippen molar-refractivity contribution in [1.82, 2.24) is 25.0 Å². The second-order valence-corrected chi connectivity index (χ2v) is 6.89. The fourth-order valence-corrected chi connectivity index (χ4v) is 3.47. The second-order valence-electron chi connectivity index (χ2n) is 6.89. The Labute approximate surface area is 158 Å². The first-order valence-electron chi connectivity index (χ1n) is 9.19. The second kappa shape index (κ2) is 7.84. The lowest BCUT2D eigenvalue weighted by molar-refractivity contribution is 0.194. The fourth-order valence-electron chi connectivity index (χ4n) is 3.47. The molecule has 1 saturated heterocycles. The van der Waals surface area contributed by atoms with Crippen molar-refractivity contribution in [3.8, 4) is 17.1 Å². The number of likely N-dealkylation sites (tertiary alicyclic amines) is 1. The summed E-state index contributed by atoms with van der Waals surface area (Å²) in [6, 6.07) is 7.77. The molecule has 0 saturated carbocycles. The average Bonchev–Trinajstić information content (AvgIpc) is 3.15. The van der Waals surface area contributed by atoms with Gasteiger partial charge in [0.25, 0.3) is 0 Å². The number of rotatable bonds is 5. The first-order chi connectivity index (χ1) is 13.2. The number of nitrogens with zero attached hydrogens (tertiary/aromatic N) is 5. The molecule has 0 aliphatic carbocycles. The highest BCUT2D eigenvalue weighted by Crippen LogP contribution is 2.26. The van der Waals surface area contributed by atoms with Crippen LogP contribution in [0.5, 0.6) is 5.75 Å². The normalized spacial score (nSPS) is 17.8. The molecule has 1 fully saturated rings. The van der Waals surface area contributed by atoms with Gasteiger partial charge in [-0.05, 0) is 43.7 Å². The smallest absolute Gasteiger partial charge is 0.223 e. The summed E-state index contributed by atoms with van der Waals surface area (Å²) in [5, 5.41) is 4.09. The van der Waals surface area contributed by atoms with Gasteiger partial charge < -0.3 is 9.26 Å². The standard InChI is InChI=1S/C20H23N5O2/c1-14-23-20(24-27-14)17-4-3-9-25(13-17)12-15-10-21-19(22-11-15)16-5-7-18(26-2)8-6-16/h5-8,10-11,17H,3-4,9,12-13H2,1-2H3/t17-/m0/s1. The Morgan fingerprint density at radius 2 is 1.96 bits per heavy atom. The molecular formula is C20H23N5O2. The summed E-state index contributed by atoms with van der Waals surface area (Å²) in [6.07, 6.45) is 6.05. The van der Waals surface area contributed by atoms with Crippen molar-refractivity contribution in [3.05, 3.63) is 53.9 Å². The van der Waals surface area contributed by atoms with E-state index in [2.05, 4.69) is 25.0 Å². The Kier molecular flexibility index (Phi) is 5.11. The summed E-state index contributed by atoms with van der Waals surface area (Å²) in [6.45, 7) is 4.65. The van der Waals surface area contributed by atoms with E-state index in [0.717, 1.165) is 61.0 Å². The van der Waals surface area contributed by atoms with Crippen molar-refractivity contribution in [2.24, 2.45) is 0 Å². The largest absolute Gasteiger partial charge is 0.497 e. The van der Waals surface area contributed by atoms with Crippen LogP contribution in [0.2, 0.25) is 0 Å². The van der Waals surface area contributed by atoms with Crippen LogP contribution in [0.4, 0.5) is 0 Å². The zero-order chi connectivity index (χ0) is 18.6. The topological polar surface area (TPSA) is 77.2 Å². The third-order valence-electron chi connectivity index (χ3n) is 4.87. The van der Waals surface area contributed by atoms with E-state index >= 15 is 0 Å². The number of hydrogen-bond donors (Lipinski definition) is 0. The van der Waals surface area contributed by atoms with Crippen LogP contribution in [-0.2, 0) is 6.54 Å². The number of aryl methyl sites for hydroxylation is 1. The summed E-state index contributed by atoms with van der Waals surface area (Å²) < 4.78 is 10.3. The fraction of sp³-hybridized carbons (Fsp3) is 0.400. The molecular weight excluding hydrogens is 342 g/mol. The predicted octanol–water partition coefficient (Wildman–Crippen LogP) is 3.22. The van der Waals surface area contributed by atoms with Crippen LogP contribution < -0.4 is 4.74 Å². The van der Waals surface area contributed by atoms with Crippen molar-refractivity contribution in [3.63, 3.8) is 0 Å². The Hall–Kier alpha value is -2.80. The maximum atomic E-state index is 5.19. The number of ether oxygens (including phenoxy) is 1. The molecule has 2 aromatic heterocycles. The van der Waals surface area contributed by atoms with E-state index in [0.29, 0.717) is 11.8 Å². The molecule has 7 nitrogen and oxygen atoms in total. The molecule has 0 amide bonds. The van der Waals surface area contributed by atoms with Gasteiger partial charge in [-0.15, -0.1) is 0 Å². The molecule has 0 unspecified atom stereocenters. The van der Waals surface area contributed by atoms with Crippen LogP contribution in [0.1, 0.15) is 36.0 Å². The quantitative estimate of drug-likeness (QED) is 0.687. The maximum Gasteiger partial charge on any atom is 0.223 e. The summed E-state index contributed by atoms with van der Waals surface area (Å²) >= 11 is 0. The van der Waals surface area contributed by atoms with E-state index in [1.54, 1.807) is 7.11 Å². The van der Waals surface area contributed by atoms with Crippen LogP contribution in [0.25, 0.3) is 11.4 Å². The van der Waals surface area contributed by atoms with Gasteiger partial charge in [0.2, 0.25) is 5.89 Å². The highest BCUT2D eigenvalue weighted by Gasteiger charge is 2.25. The minimum atomic E-state index is 0.329. The number of benzene rings is 1. The molecule has 1 aromatic carbocycles. The molecule has 0 radical (unpaired) electrons. The van der Waals surface area contributed by atoms with Crippen LogP contribution in [0.3, 0.4) is 0 Å². The number of methoxy groups -OCH3 is 1. The lowest BCUT2D eigenvalue weighted by Crippen LogP contribution is -2.34. The molecule has 0 N–H and O–H groups in total. The van der Waals surface area contributed by atoms with Crippen LogP contribution in [-0.4, -0.2) is 45.2 Å². The predicted molar refractivity (Wildman–Crippen MR) is 100 cm³/mol. The highest BCUT2D eigenvalue weighted by atomic mass is 16.5. The monoisotopic (exact) mass is 365 g/mol. The third kappa shape index (κ3) is 4.14. The minimum absolute atomic E-state index is 0.329. The molecule has 0 spiro atoms. The average molecular weight is 365 g/mol. The van der Waals surface area contributed by atoms with Crippen LogP contribution in [0, 0.1) is 6.92 Å². The maximum absolute atomic E-state index is 5.19. The van der Waals surface area contributed by atoms with E-state index in [9.17, 15) is 0 Å². The SMILES string of the molecule is COc1ccc(-c2ncc(CN3CCC[C@H](c4noc(C)n4)C3)cn2)cc1. The molecule has 1 atom stereocenters. The first kappa shape index (κ1) is 17.6. The zero-order valence-corrected chi connectivity index (χ0v) is 15.6. The Morgan fingerprint density at radius 1 is 1.19 bits per heavy atom. The first-order valence-corrected chi connectivity index (χ1v) is 9.19. The van der Waals surface area contributed by atoms with E-state index in [1.165, 1.54) is 0 Å². The molecule has 1 aliphatic rings.